The summed E-state index contributed by atoms with van der Waals surface area (Å²) >= 11 is 0. The molecule has 1 aromatic rings. The molecule has 2 fully saturated rings. The van der Waals surface area contributed by atoms with Gasteiger partial charge in [0.05, 0.1) is 31.5 Å². The van der Waals surface area contributed by atoms with E-state index in [2.05, 4.69) is 13.5 Å². The van der Waals surface area contributed by atoms with Gasteiger partial charge in [-0.3, -0.25) is 0 Å². The molecular formula is C26H40O6. The molecule has 180 valence electrons. The summed E-state index contributed by atoms with van der Waals surface area (Å²) < 4.78 is 30.5. The number of hydrogen-bond donors (Lipinski definition) is 1. The molecule has 0 aromatic heterocycles. The highest BCUT2D eigenvalue weighted by atomic mass is 16.8. The van der Waals surface area contributed by atoms with E-state index in [9.17, 15) is 5.11 Å². The molecule has 6 nitrogen and oxygen atoms in total. The zero-order chi connectivity index (χ0) is 23.5. The molecule has 0 bridgehead atoms. The number of aliphatic hydroxyl groups is 1. The summed E-state index contributed by atoms with van der Waals surface area (Å²) in [6, 6.07) is 10.1. The maximum atomic E-state index is 11.4. The molecule has 6 heteroatoms. The summed E-state index contributed by atoms with van der Waals surface area (Å²) in [6.07, 6.45) is 0.604. The minimum atomic E-state index is -0.785. The summed E-state index contributed by atoms with van der Waals surface area (Å²) in [7, 11) is 0. The first kappa shape index (κ1) is 25.3. The molecule has 2 aliphatic rings. The second-order valence-electron chi connectivity index (χ2n) is 9.84. The molecule has 0 spiro atoms. The van der Waals surface area contributed by atoms with Gasteiger partial charge < -0.3 is 28.8 Å². The third-order valence-corrected chi connectivity index (χ3v) is 6.43. The van der Waals surface area contributed by atoms with Crippen molar-refractivity contribution in [3.63, 3.8) is 0 Å². The van der Waals surface area contributed by atoms with Crippen LogP contribution < -0.4 is 0 Å². The maximum absolute atomic E-state index is 11.4. The SMILES string of the molecule is C=C[C@H]([C@@H](C)[C@@H](OCc1ccccc1)[C@H]1COC(C)(C)O1)[C@H](O)[C@@H]1OC(C)(C)O[C@@H]1CC. The van der Waals surface area contributed by atoms with Gasteiger partial charge in [-0.1, -0.05) is 50.3 Å². The van der Waals surface area contributed by atoms with Gasteiger partial charge in [-0.25, -0.2) is 0 Å². The van der Waals surface area contributed by atoms with Gasteiger partial charge in [0.25, 0.3) is 0 Å². The fourth-order valence-electron chi connectivity index (χ4n) is 4.81. The average molecular weight is 449 g/mol. The van der Waals surface area contributed by atoms with Crippen LogP contribution >= 0.6 is 0 Å². The lowest BCUT2D eigenvalue weighted by molar-refractivity contribution is -0.174. The number of hydrogen-bond acceptors (Lipinski definition) is 6. The smallest absolute Gasteiger partial charge is 0.163 e. The highest BCUT2D eigenvalue weighted by molar-refractivity contribution is 5.13. The van der Waals surface area contributed by atoms with Gasteiger partial charge >= 0.3 is 0 Å². The van der Waals surface area contributed by atoms with E-state index < -0.39 is 23.8 Å². The monoisotopic (exact) mass is 448 g/mol. The van der Waals surface area contributed by atoms with Gasteiger partial charge in [0, 0.05) is 5.92 Å². The lowest BCUT2D eigenvalue weighted by Crippen LogP contribution is -2.47. The molecule has 3 rings (SSSR count). The van der Waals surface area contributed by atoms with E-state index in [1.807, 2.05) is 65.0 Å². The van der Waals surface area contributed by atoms with Crippen LogP contribution in [0.4, 0.5) is 0 Å². The third-order valence-electron chi connectivity index (χ3n) is 6.43. The molecule has 0 unspecified atom stereocenters. The van der Waals surface area contributed by atoms with Crippen LogP contribution in [-0.2, 0) is 30.3 Å². The molecule has 7 atom stereocenters. The minimum absolute atomic E-state index is 0.0986. The minimum Gasteiger partial charge on any atom is -0.390 e. The van der Waals surface area contributed by atoms with Crippen LogP contribution in [0.2, 0.25) is 0 Å². The zero-order valence-corrected chi connectivity index (χ0v) is 20.3. The Morgan fingerprint density at radius 2 is 1.81 bits per heavy atom. The molecule has 0 radical (unpaired) electrons. The molecular weight excluding hydrogens is 408 g/mol. The third kappa shape index (κ3) is 5.99. The molecule has 2 aliphatic heterocycles. The fraction of sp³-hybridized carbons (Fsp3) is 0.692. The Balaban J connectivity index is 1.79. The Kier molecular flexibility index (Phi) is 8.18. The van der Waals surface area contributed by atoms with Crippen molar-refractivity contribution in [2.45, 2.75) is 96.7 Å². The standard InChI is InChI=1S/C26H40O6/c1-8-19(22(27)24-20(9-2)30-26(6,7)32-24)17(3)23(21-16-29-25(4,5)31-21)28-15-18-13-11-10-12-14-18/h8,10-14,17,19-24,27H,1,9,15-16H2,2-7H3/t17-,19-,20-,21-,22+,23-,24-/m1/s1. The van der Waals surface area contributed by atoms with Crippen molar-refractivity contribution in [1.82, 2.24) is 0 Å². The lowest BCUT2D eigenvalue weighted by Gasteiger charge is -2.37. The van der Waals surface area contributed by atoms with Gasteiger partial charge in [-0.05, 0) is 45.6 Å². The molecule has 2 heterocycles. The van der Waals surface area contributed by atoms with Crippen molar-refractivity contribution in [2.24, 2.45) is 11.8 Å². The number of ether oxygens (including phenoxy) is 5. The first-order valence-electron chi connectivity index (χ1n) is 11.7. The Morgan fingerprint density at radius 1 is 1.12 bits per heavy atom. The summed E-state index contributed by atoms with van der Waals surface area (Å²) in [6.45, 7) is 16.6. The van der Waals surface area contributed by atoms with Crippen LogP contribution in [-0.4, -0.2) is 53.8 Å². The lowest BCUT2D eigenvalue weighted by atomic mass is 9.80. The van der Waals surface area contributed by atoms with Crippen molar-refractivity contribution in [3.05, 3.63) is 48.6 Å². The van der Waals surface area contributed by atoms with Gasteiger partial charge in [0.1, 0.15) is 12.2 Å². The Labute approximate surface area is 192 Å². The summed E-state index contributed by atoms with van der Waals surface area (Å²) in [4.78, 5) is 0. The van der Waals surface area contributed by atoms with Crippen LogP contribution in [0.15, 0.2) is 43.0 Å². The summed E-state index contributed by atoms with van der Waals surface area (Å²) in [5.74, 6) is -1.77. The topological polar surface area (TPSA) is 66.4 Å². The van der Waals surface area contributed by atoms with E-state index in [1.165, 1.54) is 0 Å². The van der Waals surface area contributed by atoms with Crippen LogP contribution in [0.1, 0.15) is 53.5 Å². The summed E-state index contributed by atoms with van der Waals surface area (Å²) in [5.41, 5.74) is 1.08. The second-order valence-corrected chi connectivity index (χ2v) is 9.84. The highest BCUT2D eigenvalue weighted by Crippen LogP contribution is 2.38. The van der Waals surface area contributed by atoms with Gasteiger partial charge in [-0.2, -0.15) is 0 Å². The highest BCUT2D eigenvalue weighted by Gasteiger charge is 2.49. The van der Waals surface area contributed by atoms with Crippen LogP contribution in [0.3, 0.4) is 0 Å². The molecule has 2 saturated heterocycles. The first-order valence-corrected chi connectivity index (χ1v) is 11.7. The van der Waals surface area contributed by atoms with Crippen LogP contribution in [0.25, 0.3) is 0 Å². The van der Waals surface area contributed by atoms with E-state index in [0.29, 0.717) is 13.2 Å². The van der Waals surface area contributed by atoms with Gasteiger partial charge in [0.2, 0.25) is 0 Å². The van der Waals surface area contributed by atoms with Crippen LogP contribution in [0.5, 0.6) is 0 Å². The maximum Gasteiger partial charge on any atom is 0.163 e. The molecule has 0 saturated carbocycles. The first-order chi connectivity index (χ1) is 15.1. The van der Waals surface area contributed by atoms with E-state index in [1.54, 1.807) is 6.08 Å². The van der Waals surface area contributed by atoms with E-state index in [4.69, 9.17) is 23.7 Å². The fourth-order valence-corrected chi connectivity index (χ4v) is 4.81. The molecule has 1 N–H and O–H groups in total. The predicted molar refractivity (Wildman–Crippen MR) is 123 cm³/mol. The number of rotatable bonds is 10. The van der Waals surface area contributed by atoms with E-state index in [0.717, 1.165) is 12.0 Å². The molecule has 1 aromatic carbocycles. The molecule has 0 amide bonds. The van der Waals surface area contributed by atoms with Crippen molar-refractivity contribution < 1.29 is 28.8 Å². The van der Waals surface area contributed by atoms with Crippen molar-refractivity contribution in [1.29, 1.82) is 0 Å². The molecule has 32 heavy (non-hydrogen) atoms. The average Bonchev–Trinajstić information content (AvgIpc) is 3.27. The van der Waals surface area contributed by atoms with Crippen molar-refractivity contribution in [3.8, 4) is 0 Å². The Hall–Kier alpha value is -1.28. The van der Waals surface area contributed by atoms with Crippen molar-refractivity contribution in [2.75, 3.05) is 6.61 Å². The number of aliphatic hydroxyl groups excluding tert-OH is 1. The van der Waals surface area contributed by atoms with Crippen molar-refractivity contribution >= 4 is 0 Å². The second kappa shape index (κ2) is 10.3. The van der Waals surface area contributed by atoms with Gasteiger partial charge in [-0.15, -0.1) is 6.58 Å². The van der Waals surface area contributed by atoms with Gasteiger partial charge in [0.15, 0.2) is 11.6 Å². The largest absolute Gasteiger partial charge is 0.390 e. The molecule has 0 aliphatic carbocycles. The summed E-state index contributed by atoms with van der Waals surface area (Å²) in [5, 5.41) is 11.4. The normalized spacial score (nSPS) is 30.5. The van der Waals surface area contributed by atoms with E-state index >= 15 is 0 Å². The van der Waals surface area contributed by atoms with E-state index in [-0.39, 0.29) is 30.1 Å². The quantitative estimate of drug-likeness (QED) is 0.534. The Bertz CT molecular complexity index is 733. The Morgan fingerprint density at radius 3 is 2.38 bits per heavy atom. The van der Waals surface area contributed by atoms with Crippen LogP contribution in [0, 0.1) is 11.8 Å². The predicted octanol–water partition coefficient (Wildman–Crippen LogP) is 4.45. The zero-order valence-electron chi connectivity index (χ0n) is 20.3. The number of benzene rings is 1.